The molecule has 0 radical (unpaired) electrons. The first-order chi connectivity index (χ1) is 15.1. The van der Waals surface area contributed by atoms with Crippen molar-refractivity contribution in [2.75, 3.05) is 26.8 Å². The monoisotopic (exact) mass is 424 g/mol. The number of aromatic nitrogens is 1. The molecule has 0 aliphatic carbocycles. The second-order valence-electron chi connectivity index (χ2n) is 7.66. The molecule has 162 valence electrons. The van der Waals surface area contributed by atoms with E-state index in [1.165, 1.54) is 6.07 Å². The molecule has 1 amide bonds. The van der Waals surface area contributed by atoms with Crippen LogP contribution >= 0.6 is 0 Å². The maximum atomic E-state index is 13.8. The van der Waals surface area contributed by atoms with Crippen molar-refractivity contribution < 1.29 is 23.2 Å². The number of ether oxygens (including phenoxy) is 2. The summed E-state index contributed by atoms with van der Waals surface area (Å²) in [5.74, 6) is 0.935. The lowest BCUT2D eigenvalue weighted by Gasteiger charge is -2.32. The summed E-state index contributed by atoms with van der Waals surface area (Å²) in [7, 11) is 1.58. The molecule has 3 aromatic rings. The van der Waals surface area contributed by atoms with E-state index in [0.717, 1.165) is 12.8 Å². The number of likely N-dealkylation sites (tertiary alicyclic amines) is 1. The van der Waals surface area contributed by atoms with Gasteiger partial charge in [-0.15, -0.1) is 0 Å². The van der Waals surface area contributed by atoms with Crippen LogP contribution in [0.5, 0.6) is 11.5 Å². The number of para-hydroxylation sites is 2. The minimum Gasteiger partial charge on any atom is -0.496 e. The zero-order valence-corrected chi connectivity index (χ0v) is 17.6. The van der Waals surface area contributed by atoms with Crippen LogP contribution in [-0.4, -0.2) is 42.8 Å². The average molecular weight is 424 g/mol. The quantitative estimate of drug-likeness (QED) is 0.572. The molecule has 31 heavy (non-hydrogen) atoms. The van der Waals surface area contributed by atoms with E-state index in [0.29, 0.717) is 48.0 Å². The summed E-state index contributed by atoms with van der Waals surface area (Å²) < 4.78 is 30.3. The van der Waals surface area contributed by atoms with E-state index >= 15 is 0 Å². The lowest BCUT2D eigenvalue weighted by molar-refractivity contribution is 0.0630. The highest BCUT2D eigenvalue weighted by atomic mass is 19.1. The van der Waals surface area contributed by atoms with Crippen LogP contribution in [0.15, 0.2) is 53.1 Å². The third kappa shape index (κ3) is 4.40. The molecule has 2 heterocycles. The number of carbonyl (C=O) groups is 1. The van der Waals surface area contributed by atoms with Crippen molar-refractivity contribution >= 4 is 5.91 Å². The van der Waals surface area contributed by atoms with Crippen LogP contribution in [0.4, 0.5) is 4.39 Å². The molecule has 2 aromatic carbocycles. The van der Waals surface area contributed by atoms with Gasteiger partial charge in [0.25, 0.3) is 5.91 Å². The van der Waals surface area contributed by atoms with E-state index in [1.807, 2.05) is 24.3 Å². The zero-order chi connectivity index (χ0) is 21.8. The molecule has 0 bridgehead atoms. The molecule has 0 saturated carbocycles. The molecule has 1 saturated heterocycles. The number of carbonyl (C=O) groups excluding carboxylic acids is 1. The minimum absolute atomic E-state index is 0.118. The Balaban J connectivity index is 1.51. The van der Waals surface area contributed by atoms with Crippen molar-refractivity contribution in [1.29, 1.82) is 0 Å². The number of aryl methyl sites for hydroxylation is 1. The molecule has 0 spiro atoms. The number of methoxy groups -OCH3 is 1. The first kappa shape index (κ1) is 20.9. The molecule has 6 nitrogen and oxygen atoms in total. The minimum atomic E-state index is -0.382. The molecule has 1 aliphatic rings. The molecule has 1 atom stereocenters. The highest BCUT2D eigenvalue weighted by Gasteiger charge is 2.31. The van der Waals surface area contributed by atoms with Crippen molar-refractivity contribution in [2.24, 2.45) is 5.92 Å². The fraction of sp³-hybridized carbons (Fsp3) is 0.333. The van der Waals surface area contributed by atoms with Gasteiger partial charge in [0.05, 0.1) is 13.7 Å². The fourth-order valence-corrected chi connectivity index (χ4v) is 3.96. The molecular weight excluding hydrogens is 399 g/mol. The molecule has 1 aliphatic heterocycles. The summed E-state index contributed by atoms with van der Waals surface area (Å²) in [6.45, 7) is 3.27. The number of hydrogen-bond donors (Lipinski definition) is 0. The normalized spacial score (nSPS) is 16.2. The Bertz CT molecular complexity index is 1070. The lowest BCUT2D eigenvalue weighted by Crippen LogP contribution is -2.41. The summed E-state index contributed by atoms with van der Waals surface area (Å²) >= 11 is 0. The van der Waals surface area contributed by atoms with Gasteiger partial charge in [-0.3, -0.25) is 4.79 Å². The number of hydrogen-bond acceptors (Lipinski definition) is 5. The predicted molar refractivity (Wildman–Crippen MR) is 114 cm³/mol. The van der Waals surface area contributed by atoms with Crippen LogP contribution in [0.2, 0.25) is 0 Å². The zero-order valence-electron chi connectivity index (χ0n) is 17.6. The first-order valence-electron chi connectivity index (χ1n) is 10.3. The van der Waals surface area contributed by atoms with E-state index in [-0.39, 0.29) is 23.4 Å². The van der Waals surface area contributed by atoms with Crippen molar-refractivity contribution in [2.45, 2.75) is 19.8 Å². The highest BCUT2D eigenvalue weighted by Crippen LogP contribution is 2.34. The van der Waals surface area contributed by atoms with Crippen molar-refractivity contribution in [1.82, 2.24) is 10.1 Å². The maximum absolute atomic E-state index is 13.8. The number of piperidine rings is 1. The Morgan fingerprint density at radius 2 is 1.94 bits per heavy atom. The number of amides is 1. The van der Waals surface area contributed by atoms with Gasteiger partial charge in [0.1, 0.15) is 22.8 Å². The summed E-state index contributed by atoms with van der Waals surface area (Å²) in [6, 6.07) is 13.8. The summed E-state index contributed by atoms with van der Waals surface area (Å²) in [5.41, 5.74) is 1.63. The summed E-state index contributed by atoms with van der Waals surface area (Å²) in [5, 5.41) is 4.15. The summed E-state index contributed by atoms with van der Waals surface area (Å²) in [4.78, 5) is 15.2. The lowest BCUT2D eigenvalue weighted by atomic mass is 9.97. The van der Waals surface area contributed by atoms with Gasteiger partial charge in [-0.25, -0.2) is 4.39 Å². The van der Waals surface area contributed by atoms with Crippen LogP contribution in [0.25, 0.3) is 11.3 Å². The van der Waals surface area contributed by atoms with E-state index in [1.54, 1.807) is 37.1 Å². The molecule has 1 aromatic heterocycles. The summed E-state index contributed by atoms with van der Waals surface area (Å²) in [6.07, 6.45) is 1.77. The third-order valence-electron chi connectivity index (χ3n) is 5.56. The van der Waals surface area contributed by atoms with E-state index < -0.39 is 0 Å². The maximum Gasteiger partial charge on any atom is 0.259 e. The van der Waals surface area contributed by atoms with Crippen molar-refractivity contribution in [3.05, 3.63) is 65.7 Å². The second-order valence-corrected chi connectivity index (χ2v) is 7.66. The van der Waals surface area contributed by atoms with Crippen LogP contribution in [0.1, 0.15) is 29.0 Å². The van der Waals surface area contributed by atoms with Crippen molar-refractivity contribution in [3.8, 4) is 22.8 Å². The Kier molecular flexibility index (Phi) is 6.21. The predicted octanol–water partition coefficient (Wildman–Crippen LogP) is 4.73. The van der Waals surface area contributed by atoms with Crippen LogP contribution in [0, 0.1) is 18.7 Å². The van der Waals surface area contributed by atoms with Gasteiger partial charge in [0.15, 0.2) is 11.6 Å². The Labute approximate surface area is 180 Å². The van der Waals surface area contributed by atoms with E-state index in [9.17, 15) is 9.18 Å². The van der Waals surface area contributed by atoms with Gasteiger partial charge in [-0.1, -0.05) is 29.4 Å². The first-order valence-corrected chi connectivity index (χ1v) is 10.3. The van der Waals surface area contributed by atoms with Gasteiger partial charge in [-0.05, 0) is 44.0 Å². The van der Waals surface area contributed by atoms with Crippen LogP contribution < -0.4 is 9.47 Å². The Morgan fingerprint density at radius 1 is 1.19 bits per heavy atom. The van der Waals surface area contributed by atoms with Gasteiger partial charge >= 0.3 is 0 Å². The van der Waals surface area contributed by atoms with E-state index in [4.69, 9.17) is 14.0 Å². The topological polar surface area (TPSA) is 64.8 Å². The molecule has 4 rings (SSSR count). The van der Waals surface area contributed by atoms with Crippen LogP contribution in [-0.2, 0) is 0 Å². The largest absolute Gasteiger partial charge is 0.496 e. The molecule has 7 heteroatoms. The highest BCUT2D eigenvalue weighted by molar-refractivity contribution is 6.01. The molecular formula is C24H25FN2O4. The smallest absolute Gasteiger partial charge is 0.259 e. The van der Waals surface area contributed by atoms with Gasteiger partial charge in [-0.2, -0.15) is 0 Å². The SMILES string of the molecule is COc1ccccc1-c1noc(C)c1C(=O)N1CCC[C@@H](COc2ccccc2F)C1. The average Bonchev–Trinajstić information content (AvgIpc) is 3.19. The molecule has 0 N–H and O–H groups in total. The number of rotatable bonds is 6. The van der Waals surface area contributed by atoms with Crippen molar-refractivity contribution in [3.63, 3.8) is 0 Å². The number of halogens is 1. The number of benzene rings is 2. The molecule has 0 unspecified atom stereocenters. The standard InChI is InChI=1S/C24H25FN2O4/c1-16-22(23(26-31-16)18-9-3-5-11-20(18)29-2)24(28)27-13-7-8-17(14-27)15-30-21-12-6-4-10-19(21)25/h3-6,9-12,17H,7-8,13-15H2,1-2H3/t17-/m1/s1. The van der Waals surface area contributed by atoms with Crippen LogP contribution in [0.3, 0.4) is 0 Å². The van der Waals surface area contributed by atoms with Gasteiger partial charge in [0.2, 0.25) is 0 Å². The van der Waals surface area contributed by atoms with E-state index in [2.05, 4.69) is 5.16 Å². The fourth-order valence-electron chi connectivity index (χ4n) is 3.96. The molecule has 1 fully saturated rings. The van der Waals surface area contributed by atoms with Gasteiger partial charge < -0.3 is 18.9 Å². The third-order valence-corrected chi connectivity index (χ3v) is 5.56. The Morgan fingerprint density at radius 3 is 2.71 bits per heavy atom. The second kappa shape index (κ2) is 9.20. The Hall–Kier alpha value is -3.35. The van der Waals surface area contributed by atoms with Gasteiger partial charge in [0, 0.05) is 24.6 Å². The number of nitrogens with zero attached hydrogens (tertiary/aromatic N) is 2.